The van der Waals surface area contributed by atoms with Gasteiger partial charge in [-0.25, -0.2) is 0 Å². The number of hydrogen-bond donors (Lipinski definition) is 0. The van der Waals surface area contributed by atoms with E-state index in [2.05, 4.69) is 217 Å². The van der Waals surface area contributed by atoms with Gasteiger partial charge in [0.2, 0.25) is 0 Å². The molecular weight excluding hydrogens is 641 g/mol. The largest absolute Gasteiger partial charge is 0.310 e. The molecule has 8 aromatic carbocycles. The summed E-state index contributed by atoms with van der Waals surface area (Å²) in [5.41, 5.74) is 17.2. The summed E-state index contributed by atoms with van der Waals surface area (Å²) in [7, 11) is 0. The van der Waals surface area contributed by atoms with Crippen molar-refractivity contribution in [1.82, 2.24) is 4.57 Å². The van der Waals surface area contributed by atoms with E-state index in [0.29, 0.717) is 0 Å². The van der Waals surface area contributed by atoms with Crippen molar-refractivity contribution < 1.29 is 0 Å². The Bertz CT molecular complexity index is 2790. The predicted molar refractivity (Wildman–Crippen MR) is 224 cm³/mol. The molecule has 0 fully saturated rings. The Kier molecular flexibility index (Phi) is 7.19. The van der Waals surface area contributed by atoms with Crippen molar-refractivity contribution in [2.24, 2.45) is 0 Å². The Hall–Kier alpha value is -6.64. The minimum atomic E-state index is -0.0720. The zero-order chi connectivity index (χ0) is 35.5. The van der Waals surface area contributed by atoms with Gasteiger partial charge in [-0.1, -0.05) is 141 Å². The molecule has 0 N–H and O–H groups in total. The monoisotopic (exact) mass is 678 g/mol. The number of para-hydroxylation sites is 3. The standard InChI is InChI=1S/C51H38N2/c1-51(2)47-22-11-9-20-43(47)44-30-29-42(34-48(44)51)52(39-15-5-3-6-16-39)41-19-13-14-37(32-41)35-24-26-36(27-25-35)38-28-31-50-46(33-38)45-21-10-12-23-49(45)53(50)40-17-7-4-8-18-40/h3-34H,1-2H3. The van der Waals surface area contributed by atoms with E-state index in [-0.39, 0.29) is 5.41 Å². The smallest absolute Gasteiger partial charge is 0.0541 e. The van der Waals surface area contributed by atoms with Gasteiger partial charge in [0.25, 0.3) is 0 Å². The van der Waals surface area contributed by atoms with Gasteiger partial charge in [-0.2, -0.15) is 0 Å². The quantitative estimate of drug-likeness (QED) is 0.170. The van der Waals surface area contributed by atoms with Crippen LogP contribution in [-0.4, -0.2) is 4.57 Å². The van der Waals surface area contributed by atoms with Gasteiger partial charge < -0.3 is 9.47 Å². The van der Waals surface area contributed by atoms with Crippen molar-refractivity contribution >= 4 is 38.9 Å². The van der Waals surface area contributed by atoms with Crippen LogP contribution in [0.3, 0.4) is 0 Å². The number of benzene rings is 8. The van der Waals surface area contributed by atoms with E-state index in [1.807, 2.05) is 0 Å². The lowest BCUT2D eigenvalue weighted by molar-refractivity contribution is 0.660. The number of rotatable bonds is 6. The summed E-state index contributed by atoms with van der Waals surface area (Å²) < 4.78 is 2.37. The predicted octanol–water partition coefficient (Wildman–Crippen LogP) is 13.9. The summed E-state index contributed by atoms with van der Waals surface area (Å²) in [6, 6.07) is 70.7. The minimum absolute atomic E-state index is 0.0720. The second-order valence-electron chi connectivity index (χ2n) is 14.6. The zero-order valence-corrected chi connectivity index (χ0v) is 29.9. The molecule has 0 bridgehead atoms. The molecule has 1 aromatic heterocycles. The molecule has 9 aromatic rings. The fraction of sp³-hybridized carbons (Fsp3) is 0.0588. The summed E-state index contributed by atoms with van der Waals surface area (Å²) in [6.07, 6.45) is 0. The molecule has 0 spiro atoms. The third-order valence-corrected chi connectivity index (χ3v) is 11.2. The van der Waals surface area contributed by atoms with Crippen LogP contribution in [0.5, 0.6) is 0 Å². The van der Waals surface area contributed by atoms with E-state index in [4.69, 9.17) is 0 Å². The van der Waals surface area contributed by atoms with E-state index in [9.17, 15) is 0 Å². The van der Waals surface area contributed by atoms with Crippen LogP contribution in [0.15, 0.2) is 194 Å². The summed E-state index contributed by atoms with van der Waals surface area (Å²) in [5.74, 6) is 0. The lowest BCUT2D eigenvalue weighted by Gasteiger charge is -2.28. The Morgan fingerprint density at radius 3 is 1.75 bits per heavy atom. The SMILES string of the molecule is CC1(C)c2ccccc2-c2ccc(N(c3ccccc3)c3cccc(-c4ccc(-c5ccc6c(c5)c5ccccc5n6-c5ccccc5)cc4)c3)cc21. The van der Waals surface area contributed by atoms with Gasteiger partial charge >= 0.3 is 0 Å². The van der Waals surface area contributed by atoms with E-state index in [1.165, 1.54) is 72.0 Å². The zero-order valence-electron chi connectivity index (χ0n) is 29.9. The van der Waals surface area contributed by atoms with Crippen molar-refractivity contribution in [3.63, 3.8) is 0 Å². The second-order valence-corrected chi connectivity index (χ2v) is 14.6. The lowest BCUT2D eigenvalue weighted by Crippen LogP contribution is -2.16. The van der Waals surface area contributed by atoms with Crippen molar-refractivity contribution in [2.75, 3.05) is 4.90 Å². The van der Waals surface area contributed by atoms with Crippen LogP contribution < -0.4 is 4.90 Å². The van der Waals surface area contributed by atoms with Gasteiger partial charge in [0.15, 0.2) is 0 Å². The van der Waals surface area contributed by atoms with Gasteiger partial charge in [-0.3, -0.25) is 0 Å². The average molecular weight is 679 g/mol. The van der Waals surface area contributed by atoms with E-state index >= 15 is 0 Å². The van der Waals surface area contributed by atoms with Crippen LogP contribution in [-0.2, 0) is 5.41 Å². The fourth-order valence-corrected chi connectivity index (χ4v) is 8.54. The normalized spacial score (nSPS) is 12.9. The highest BCUT2D eigenvalue weighted by molar-refractivity contribution is 6.10. The van der Waals surface area contributed by atoms with Crippen molar-refractivity contribution in [2.45, 2.75) is 19.3 Å². The average Bonchev–Trinajstić information content (AvgIpc) is 3.67. The van der Waals surface area contributed by atoms with Crippen LogP contribution in [0.1, 0.15) is 25.0 Å². The van der Waals surface area contributed by atoms with Crippen molar-refractivity contribution in [3.05, 3.63) is 205 Å². The number of nitrogens with zero attached hydrogens (tertiary/aromatic N) is 2. The molecule has 10 rings (SSSR count). The summed E-state index contributed by atoms with van der Waals surface area (Å²) in [5, 5.41) is 2.53. The summed E-state index contributed by atoms with van der Waals surface area (Å²) in [6.45, 7) is 4.69. The first kappa shape index (κ1) is 31.1. The third-order valence-electron chi connectivity index (χ3n) is 11.2. The van der Waals surface area contributed by atoms with E-state index in [1.54, 1.807) is 0 Å². The molecule has 0 radical (unpaired) electrons. The highest BCUT2D eigenvalue weighted by Gasteiger charge is 2.35. The Labute approximate surface area is 310 Å². The van der Waals surface area contributed by atoms with Crippen LogP contribution >= 0.6 is 0 Å². The molecule has 0 aliphatic heterocycles. The van der Waals surface area contributed by atoms with Crippen molar-refractivity contribution in [3.8, 4) is 39.1 Å². The highest BCUT2D eigenvalue weighted by Crippen LogP contribution is 2.50. The maximum Gasteiger partial charge on any atom is 0.0541 e. The molecule has 0 unspecified atom stereocenters. The van der Waals surface area contributed by atoms with Gasteiger partial charge in [0, 0.05) is 38.9 Å². The molecule has 0 saturated carbocycles. The van der Waals surface area contributed by atoms with E-state index in [0.717, 1.165) is 17.1 Å². The molecule has 0 saturated heterocycles. The van der Waals surface area contributed by atoms with Gasteiger partial charge in [-0.05, 0) is 111 Å². The molecule has 2 nitrogen and oxygen atoms in total. The maximum absolute atomic E-state index is 2.40. The third kappa shape index (κ3) is 5.10. The molecule has 1 aliphatic rings. The minimum Gasteiger partial charge on any atom is -0.310 e. The second kappa shape index (κ2) is 12.3. The molecule has 0 atom stereocenters. The Morgan fingerprint density at radius 1 is 0.377 bits per heavy atom. The van der Waals surface area contributed by atoms with E-state index < -0.39 is 0 Å². The topological polar surface area (TPSA) is 8.17 Å². The molecule has 2 heteroatoms. The molecule has 0 amide bonds. The fourth-order valence-electron chi connectivity index (χ4n) is 8.54. The first-order valence-electron chi connectivity index (χ1n) is 18.4. The summed E-state index contributed by atoms with van der Waals surface area (Å²) in [4.78, 5) is 2.39. The van der Waals surface area contributed by atoms with Crippen LogP contribution in [0.25, 0.3) is 60.9 Å². The van der Waals surface area contributed by atoms with Crippen LogP contribution in [0.2, 0.25) is 0 Å². The van der Waals surface area contributed by atoms with Crippen molar-refractivity contribution in [1.29, 1.82) is 0 Å². The number of anilines is 3. The molecule has 53 heavy (non-hydrogen) atoms. The number of hydrogen-bond acceptors (Lipinski definition) is 1. The molecule has 252 valence electrons. The Morgan fingerprint density at radius 2 is 0.962 bits per heavy atom. The maximum atomic E-state index is 2.40. The number of fused-ring (bicyclic) bond motifs is 6. The molecule has 1 aliphatic carbocycles. The molecule has 1 heterocycles. The van der Waals surface area contributed by atoms with Crippen LogP contribution in [0, 0.1) is 0 Å². The molecular formula is C51H38N2. The highest BCUT2D eigenvalue weighted by atomic mass is 15.1. The van der Waals surface area contributed by atoms with Gasteiger partial charge in [0.1, 0.15) is 0 Å². The Balaban J connectivity index is 1.01. The number of aromatic nitrogens is 1. The first-order valence-corrected chi connectivity index (χ1v) is 18.4. The summed E-state index contributed by atoms with van der Waals surface area (Å²) >= 11 is 0. The first-order chi connectivity index (χ1) is 26.0. The van der Waals surface area contributed by atoms with Crippen LogP contribution in [0.4, 0.5) is 17.1 Å². The van der Waals surface area contributed by atoms with Gasteiger partial charge in [0.05, 0.1) is 11.0 Å². The lowest BCUT2D eigenvalue weighted by atomic mass is 9.82. The van der Waals surface area contributed by atoms with Gasteiger partial charge in [-0.15, -0.1) is 0 Å².